The molecule has 21 heavy (non-hydrogen) atoms. The number of furan rings is 1. The summed E-state index contributed by atoms with van der Waals surface area (Å²) in [7, 11) is 0. The average molecular weight is 278 g/mol. The van der Waals surface area contributed by atoms with Crippen molar-refractivity contribution in [2.75, 3.05) is 5.32 Å². The second-order valence-corrected chi connectivity index (χ2v) is 4.66. The van der Waals surface area contributed by atoms with Gasteiger partial charge in [0.15, 0.2) is 0 Å². The number of fused-ring (bicyclic) bond motifs is 1. The van der Waals surface area contributed by atoms with Crippen LogP contribution in [-0.4, -0.2) is 10.9 Å². The highest BCUT2D eigenvalue weighted by atomic mass is 16.3. The zero-order valence-electron chi connectivity index (χ0n) is 11.5. The van der Waals surface area contributed by atoms with E-state index in [-0.39, 0.29) is 5.91 Å². The Hall–Kier alpha value is -2.88. The molecular formula is C17H14N2O2. The molecule has 2 heterocycles. The first-order valence-electron chi connectivity index (χ1n) is 6.61. The Kier molecular flexibility index (Phi) is 3.51. The topological polar surface area (TPSA) is 55.1 Å². The second kappa shape index (κ2) is 5.63. The van der Waals surface area contributed by atoms with Crippen LogP contribution in [0.2, 0.25) is 0 Å². The van der Waals surface area contributed by atoms with Crippen LogP contribution < -0.4 is 5.32 Å². The number of carbonyl (C=O) groups excluding carboxylic acids is 1. The maximum Gasteiger partial charge on any atom is 0.248 e. The van der Waals surface area contributed by atoms with E-state index < -0.39 is 0 Å². The molecule has 0 radical (unpaired) electrons. The van der Waals surface area contributed by atoms with Crippen LogP contribution in [0.1, 0.15) is 11.5 Å². The Balaban J connectivity index is 1.83. The number of pyridine rings is 1. The number of nitrogens with one attached hydrogen (secondary N) is 1. The van der Waals surface area contributed by atoms with Gasteiger partial charge in [-0.3, -0.25) is 9.78 Å². The minimum absolute atomic E-state index is 0.209. The quantitative estimate of drug-likeness (QED) is 0.742. The van der Waals surface area contributed by atoms with Crippen LogP contribution in [-0.2, 0) is 4.79 Å². The van der Waals surface area contributed by atoms with Crippen molar-refractivity contribution >= 4 is 28.6 Å². The molecule has 0 saturated heterocycles. The first-order chi connectivity index (χ1) is 10.2. The molecule has 0 saturated carbocycles. The van der Waals surface area contributed by atoms with Gasteiger partial charge in [-0.05, 0) is 49.4 Å². The van der Waals surface area contributed by atoms with Crippen molar-refractivity contribution in [3.63, 3.8) is 0 Å². The van der Waals surface area contributed by atoms with Gasteiger partial charge in [0.25, 0.3) is 0 Å². The van der Waals surface area contributed by atoms with Gasteiger partial charge in [0.05, 0.1) is 17.5 Å². The lowest BCUT2D eigenvalue weighted by molar-refractivity contribution is -0.111. The molecule has 0 atom stereocenters. The maximum absolute atomic E-state index is 12.0. The summed E-state index contributed by atoms with van der Waals surface area (Å²) in [4.78, 5) is 16.4. The summed E-state index contributed by atoms with van der Waals surface area (Å²) in [6.45, 7) is 1.94. The number of amides is 1. The first-order valence-corrected chi connectivity index (χ1v) is 6.61. The van der Waals surface area contributed by atoms with Crippen LogP contribution >= 0.6 is 0 Å². The van der Waals surface area contributed by atoms with Gasteiger partial charge in [-0.1, -0.05) is 6.07 Å². The molecule has 1 aromatic carbocycles. The maximum atomic E-state index is 12.0. The molecule has 0 aliphatic carbocycles. The fourth-order valence-corrected chi connectivity index (χ4v) is 2.08. The van der Waals surface area contributed by atoms with E-state index in [1.165, 1.54) is 6.08 Å². The monoisotopic (exact) mass is 278 g/mol. The van der Waals surface area contributed by atoms with Gasteiger partial charge >= 0.3 is 0 Å². The van der Waals surface area contributed by atoms with E-state index in [9.17, 15) is 4.79 Å². The average Bonchev–Trinajstić information content (AvgIpc) is 2.98. The molecule has 3 aromatic rings. The third kappa shape index (κ3) is 3.00. The number of carbonyl (C=O) groups is 1. The molecule has 3 rings (SSSR count). The van der Waals surface area contributed by atoms with Gasteiger partial charge in [-0.2, -0.15) is 0 Å². The van der Waals surface area contributed by atoms with E-state index in [1.54, 1.807) is 24.5 Å². The fourth-order valence-electron chi connectivity index (χ4n) is 2.08. The lowest BCUT2D eigenvalue weighted by atomic mass is 10.1. The summed E-state index contributed by atoms with van der Waals surface area (Å²) < 4.78 is 5.14. The SMILES string of the molecule is Cc1ccc2c(NC(=O)C=Cc3ccco3)cccc2n1. The van der Waals surface area contributed by atoms with E-state index >= 15 is 0 Å². The Morgan fingerprint density at radius 2 is 2.10 bits per heavy atom. The van der Waals surface area contributed by atoms with Crippen molar-refractivity contribution in [1.82, 2.24) is 4.98 Å². The minimum atomic E-state index is -0.209. The smallest absolute Gasteiger partial charge is 0.248 e. The van der Waals surface area contributed by atoms with Crippen LogP contribution in [0.3, 0.4) is 0 Å². The Labute approximate surface area is 122 Å². The molecule has 4 nitrogen and oxygen atoms in total. The van der Waals surface area contributed by atoms with Gasteiger partial charge < -0.3 is 9.73 Å². The molecule has 0 unspecified atom stereocenters. The number of hydrogen-bond acceptors (Lipinski definition) is 3. The van der Waals surface area contributed by atoms with Gasteiger partial charge in [-0.25, -0.2) is 0 Å². The summed E-state index contributed by atoms with van der Waals surface area (Å²) >= 11 is 0. The predicted octanol–water partition coefficient (Wildman–Crippen LogP) is 3.79. The molecule has 0 spiro atoms. The summed E-state index contributed by atoms with van der Waals surface area (Å²) in [5.41, 5.74) is 2.56. The summed E-state index contributed by atoms with van der Waals surface area (Å²) in [6.07, 6.45) is 4.64. The minimum Gasteiger partial charge on any atom is -0.465 e. The number of aromatic nitrogens is 1. The second-order valence-electron chi connectivity index (χ2n) is 4.66. The van der Waals surface area contributed by atoms with Crippen molar-refractivity contribution in [3.05, 3.63) is 66.3 Å². The largest absolute Gasteiger partial charge is 0.465 e. The summed E-state index contributed by atoms with van der Waals surface area (Å²) in [5.74, 6) is 0.430. The van der Waals surface area contributed by atoms with Crippen molar-refractivity contribution < 1.29 is 9.21 Å². The van der Waals surface area contributed by atoms with Gasteiger partial charge in [0.2, 0.25) is 5.91 Å². The molecule has 1 amide bonds. The Morgan fingerprint density at radius 1 is 1.19 bits per heavy atom. The van der Waals surface area contributed by atoms with Crippen LogP contribution in [0.15, 0.2) is 59.2 Å². The standard InChI is InChI=1S/C17H14N2O2/c1-12-7-9-14-15(18-12)5-2-6-16(14)19-17(20)10-8-13-4-3-11-21-13/h2-11H,1H3,(H,19,20). The Morgan fingerprint density at radius 3 is 2.90 bits per heavy atom. The summed E-state index contributed by atoms with van der Waals surface area (Å²) in [6, 6.07) is 13.1. The third-order valence-electron chi connectivity index (χ3n) is 3.07. The number of benzene rings is 1. The highest BCUT2D eigenvalue weighted by Gasteiger charge is 2.04. The van der Waals surface area contributed by atoms with Crippen LogP contribution in [0.4, 0.5) is 5.69 Å². The van der Waals surface area contributed by atoms with E-state index in [2.05, 4.69) is 10.3 Å². The van der Waals surface area contributed by atoms with Crippen LogP contribution in [0.5, 0.6) is 0 Å². The normalized spacial score (nSPS) is 11.1. The number of anilines is 1. The summed E-state index contributed by atoms with van der Waals surface area (Å²) in [5, 5.41) is 3.78. The number of nitrogens with zero attached hydrogens (tertiary/aromatic N) is 1. The highest BCUT2D eigenvalue weighted by molar-refractivity contribution is 6.06. The van der Waals surface area contributed by atoms with Crippen LogP contribution in [0.25, 0.3) is 17.0 Å². The van der Waals surface area contributed by atoms with E-state index in [0.717, 1.165) is 22.3 Å². The van der Waals surface area contributed by atoms with Gasteiger partial charge in [-0.15, -0.1) is 0 Å². The van der Waals surface area contributed by atoms with Crippen molar-refractivity contribution in [3.8, 4) is 0 Å². The van der Waals surface area contributed by atoms with E-state index in [1.807, 2.05) is 37.3 Å². The zero-order valence-corrected chi connectivity index (χ0v) is 11.5. The Bertz CT molecular complexity index is 805. The van der Waals surface area contributed by atoms with Gasteiger partial charge in [0, 0.05) is 17.2 Å². The highest BCUT2D eigenvalue weighted by Crippen LogP contribution is 2.22. The molecular weight excluding hydrogens is 264 g/mol. The predicted molar refractivity (Wildman–Crippen MR) is 82.9 cm³/mol. The van der Waals surface area contributed by atoms with Gasteiger partial charge in [0.1, 0.15) is 5.76 Å². The first kappa shape index (κ1) is 13.1. The molecule has 0 aliphatic rings. The van der Waals surface area contributed by atoms with Crippen molar-refractivity contribution in [1.29, 1.82) is 0 Å². The molecule has 2 aromatic heterocycles. The van der Waals surface area contributed by atoms with Crippen molar-refractivity contribution in [2.45, 2.75) is 6.92 Å². The lowest BCUT2D eigenvalue weighted by Gasteiger charge is -2.07. The fraction of sp³-hybridized carbons (Fsp3) is 0.0588. The number of rotatable bonds is 3. The third-order valence-corrected chi connectivity index (χ3v) is 3.07. The zero-order chi connectivity index (χ0) is 14.7. The molecule has 0 fully saturated rings. The van der Waals surface area contributed by atoms with Crippen LogP contribution in [0, 0.1) is 6.92 Å². The van der Waals surface area contributed by atoms with E-state index in [0.29, 0.717) is 5.76 Å². The molecule has 1 N–H and O–H groups in total. The molecule has 0 aliphatic heterocycles. The van der Waals surface area contributed by atoms with E-state index in [4.69, 9.17) is 4.42 Å². The molecule has 104 valence electrons. The number of hydrogen-bond donors (Lipinski definition) is 1. The molecule has 0 bridgehead atoms. The number of aryl methyl sites for hydroxylation is 1. The molecule has 4 heteroatoms. The lowest BCUT2D eigenvalue weighted by Crippen LogP contribution is -2.08. The van der Waals surface area contributed by atoms with Crippen molar-refractivity contribution in [2.24, 2.45) is 0 Å².